The maximum absolute atomic E-state index is 10.6. The molecule has 0 N–H and O–H groups in total. The molecule has 0 aliphatic rings. The molecule has 0 aromatic heterocycles. The Morgan fingerprint density at radius 3 is 1.04 bits per heavy atom. The monoisotopic (exact) mass is 472 g/mol. The molecular weight excluding hydrogens is 435 g/mol. The van der Waals surface area contributed by atoms with Crippen molar-refractivity contribution in [3.05, 3.63) is 22.3 Å². The first-order valence-corrected chi connectivity index (χ1v) is 9.44. The van der Waals surface area contributed by atoms with Gasteiger partial charge in [0.1, 0.15) is 0 Å². The Morgan fingerprint density at radius 1 is 0.667 bits per heavy atom. The Bertz CT molecular complexity index is 505. The van der Waals surface area contributed by atoms with Crippen molar-refractivity contribution in [2.75, 3.05) is 0 Å². The molecule has 0 aromatic carbocycles. The number of carbonyl (C=O) groups excluding carboxylic acids is 2. The van der Waals surface area contributed by atoms with Gasteiger partial charge in [-0.05, 0) is 62.5 Å². The van der Waals surface area contributed by atoms with Crippen molar-refractivity contribution in [1.29, 1.82) is 0 Å². The number of hydrogen-bond acceptors (Lipinski definition) is 4. The van der Waals surface area contributed by atoms with Crippen LogP contribution in [0.25, 0.3) is 0 Å². The third-order valence-corrected chi connectivity index (χ3v) is 5.52. The Hall–Kier alpha value is -0.918. The summed E-state index contributed by atoms with van der Waals surface area (Å²) in [7, 11) is 0. The third kappa shape index (κ3) is 10.9. The van der Waals surface area contributed by atoms with Crippen LogP contribution in [0.15, 0.2) is 22.3 Å². The maximum atomic E-state index is 10.6. The summed E-state index contributed by atoms with van der Waals surface area (Å²) in [5.74, 6) is -2.11. The van der Waals surface area contributed by atoms with E-state index < -0.39 is 11.9 Å². The summed E-state index contributed by atoms with van der Waals surface area (Å²) in [4.78, 5) is 21.2. The predicted molar refractivity (Wildman–Crippen MR) is 104 cm³/mol. The molecule has 0 aliphatic carbocycles. The predicted octanol–water partition coefficient (Wildman–Crippen LogP) is 3.80. The smallest absolute Gasteiger partial charge is 0.545 e. The Kier molecular flexibility index (Phi) is 15.2. The Balaban J connectivity index is -0.000000411. The van der Waals surface area contributed by atoms with Crippen molar-refractivity contribution >= 4 is 11.9 Å². The fraction of sp³-hybridized carbons (Fsp3) is 0.727. The second-order valence-corrected chi connectivity index (χ2v) is 8.34. The molecule has 0 bridgehead atoms. The molecule has 0 fully saturated rings. The van der Waals surface area contributed by atoms with Crippen molar-refractivity contribution < 1.29 is 40.2 Å². The first kappa shape index (κ1) is 30.8. The largest absolute Gasteiger partial charge is 2.00 e. The van der Waals surface area contributed by atoms with Crippen LogP contribution in [0.3, 0.4) is 0 Å². The van der Waals surface area contributed by atoms with Crippen molar-refractivity contribution in [3.8, 4) is 0 Å². The van der Waals surface area contributed by atoms with E-state index in [1.165, 1.54) is 0 Å². The van der Waals surface area contributed by atoms with Gasteiger partial charge in [0.15, 0.2) is 0 Å². The number of hydrogen-bond donors (Lipinski definition) is 0. The zero-order valence-electron chi connectivity index (χ0n) is 18.8. The van der Waals surface area contributed by atoms with E-state index in [9.17, 15) is 19.8 Å². The first-order chi connectivity index (χ1) is 11.7. The van der Waals surface area contributed by atoms with Crippen molar-refractivity contribution in [1.82, 2.24) is 0 Å². The van der Waals surface area contributed by atoms with Crippen LogP contribution < -0.4 is 10.2 Å². The van der Waals surface area contributed by atoms with Crippen LogP contribution >= 0.6 is 0 Å². The molecule has 0 atom stereocenters. The average Bonchev–Trinajstić information content (AvgIpc) is 2.52. The quantitative estimate of drug-likeness (QED) is 0.397. The number of carbonyl (C=O) groups is 2. The third-order valence-electron chi connectivity index (χ3n) is 5.52. The fourth-order valence-electron chi connectivity index (χ4n) is 2.95. The number of carboxylic acids is 2. The molecule has 0 unspecified atom stereocenters. The molecule has 27 heavy (non-hydrogen) atoms. The van der Waals surface area contributed by atoms with Gasteiger partial charge in [0.25, 0.3) is 0 Å². The minimum atomic E-state index is -1.05. The van der Waals surface area contributed by atoms with Crippen LogP contribution in [0.5, 0.6) is 0 Å². The van der Waals surface area contributed by atoms with E-state index in [-0.39, 0.29) is 31.3 Å². The molecule has 0 saturated heterocycles. The normalized spacial score (nSPS) is 13.4. The van der Waals surface area contributed by atoms with Gasteiger partial charge in [-0.2, -0.15) is 0 Å². The van der Waals surface area contributed by atoms with Gasteiger partial charge < -0.3 is 19.8 Å². The van der Waals surface area contributed by atoms with Gasteiger partial charge in [0.05, 0.1) is 11.9 Å². The van der Waals surface area contributed by atoms with Crippen LogP contribution in [0, 0.1) is 10.8 Å². The summed E-state index contributed by atoms with van der Waals surface area (Å²) in [6, 6.07) is 0. The second-order valence-electron chi connectivity index (χ2n) is 8.34. The standard InChI is InChI=1S/2C11H20O2.Pd/c2*1-6-7-11(4,5)9(3)8(2)10(12)13;/h2*6-7H2,1-5H3,(H,12,13);/q;;+2/p-2. The molecule has 0 radical (unpaired) electrons. The van der Waals surface area contributed by atoms with Crippen molar-refractivity contribution in [2.45, 2.75) is 94.9 Å². The minimum Gasteiger partial charge on any atom is -0.545 e. The molecule has 0 saturated carbocycles. The van der Waals surface area contributed by atoms with E-state index in [1.54, 1.807) is 13.8 Å². The number of allylic oxidation sites excluding steroid dienone is 2. The second kappa shape index (κ2) is 13.3. The van der Waals surface area contributed by atoms with Crippen LogP contribution in [0.4, 0.5) is 0 Å². The van der Waals surface area contributed by atoms with Crippen molar-refractivity contribution in [3.63, 3.8) is 0 Å². The van der Waals surface area contributed by atoms with Crippen LogP contribution in [-0.2, 0) is 30.0 Å². The van der Waals surface area contributed by atoms with Gasteiger partial charge in [-0.3, -0.25) is 0 Å². The van der Waals surface area contributed by atoms with E-state index in [0.717, 1.165) is 36.8 Å². The minimum absolute atomic E-state index is 0. The molecule has 0 aliphatic heterocycles. The molecule has 5 heteroatoms. The van der Waals surface area contributed by atoms with E-state index in [2.05, 4.69) is 41.5 Å². The molecule has 0 rings (SSSR count). The van der Waals surface area contributed by atoms with Gasteiger partial charge in [-0.25, -0.2) is 0 Å². The summed E-state index contributed by atoms with van der Waals surface area (Å²) < 4.78 is 0. The van der Waals surface area contributed by atoms with Gasteiger partial charge in [0, 0.05) is 0 Å². The zero-order valence-corrected chi connectivity index (χ0v) is 20.3. The summed E-state index contributed by atoms with van der Waals surface area (Å²) >= 11 is 0. The number of carboxylic acid groups (broad SMARTS) is 2. The number of aliphatic carboxylic acids is 2. The average molecular weight is 473 g/mol. The van der Waals surface area contributed by atoms with Crippen LogP contribution in [0.2, 0.25) is 0 Å². The molecule has 0 amide bonds. The molecular formula is C22H38O4Pd. The van der Waals surface area contributed by atoms with Gasteiger partial charge >= 0.3 is 20.4 Å². The number of rotatable bonds is 8. The van der Waals surface area contributed by atoms with E-state index in [1.807, 2.05) is 13.8 Å². The Labute approximate surface area is 180 Å². The van der Waals surface area contributed by atoms with E-state index >= 15 is 0 Å². The van der Waals surface area contributed by atoms with Crippen molar-refractivity contribution in [2.24, 2.45) is 10.8 Å². The van der Waals surface area contributed by atoms with Crippen LogP contribution in [-0.4, -0.2) is 11.9 Å². The van der Waals surface area contributed by atoms with E-state index in [0.29, 0.717) is 11.1 Å². The summed E-state index contributed by atoms with van der Waals surface area (Å²) in [5.41, 5.74) is 2.54. The van der Waals surface area contributed by atoms with Crippen LogP contribution in [0.1, 0.15) is 94.9 Å². The van der Waals surface area contributed by atoms with E-state index in [4.69, 9.17) is 0 Å². The molecule has 0 heterocycles. The first-order valence-electron chi connectivity index (χ1n) is 9.44. The Morgan fingerprint density at radius 2 is 0.889 bits per heavy atom. The molecule has 0 aromatic rings. The molecule has 4 nitrogen and oxygen atoms in total. The summed E-state index contributed by atoms with van der Waals surface area (Å²) in [5, 5.41) is 21.2. The van der Waals surface area contributed by atoms with Gasteiger partial charge in [-0.15, -0.1) is 0 Å². The summed E-state index contributed by atoms with van der Waals surface area (Å²) in [6.45, 7) is 19.4. The fourth-order valence-corrected chi connectivity index (χ4v) is 2.95. The SMILES string of the molecule is CCCC(C)(C)C(C)=C(C)C(=O)[O-].CCCC(C)(C)C(C)=C(C)C(=O)[O-].[Pd+2]. The maximum Gasteiger partial charge on any atom is 2.00 e. The topological polar surface area (TPSA) is 80.3 Å². The molecule has 160 valence electrons. The molecule has 0 spiro atoms. The van der Waals surface area contributed by atoms with Gasteiger partial charge in [-0.1, -0.05) is 65.5 Å². The summed E-state index contributed by atoms with van der Waals surface area (Å²) in [6.07, 6.45) is 4.13. The zero-order chi connectivity index (χ0) is 21.3. The van der Waals surface area contributed by atoms with Gasteiger partial charge in [0.2, 0.25) is 0 Å².